The smallest absolute Gasteiger partial charge is 0.359 e. The predicted octanol–water partition coefficient (Wildman–Crippen LogP) is 2.94. The molecule has 100 valence electrons. The Bertz CT molecular complexity index is 463. The van der Waals surface area contributed by atoms with Crippen molar-refractivity contribution < 1.29 is 22.7 Å². The first-order valence-corrected chi connectivity index (χ1v) is 5.59. The number of halogens is 5. The van der Waals surface area contributed by atoms with Crippen molar-refractivity contribution in [1.29, 1.82) is 0 Å². The Morgan fingerprint density at radius 2 is 2.00 bits per heavy atom. The van der Waals surface area contributed by atoms with Crippen LogP contribution in [0.4, 0.5) is 23.2 Å². The molecule has 2 rings (SSSR count). The fourth-order valence-corrected chi connectivity index (χ4v) is 2.15. The first kappa shape index (κ1) is 13.4. The quantitative estimate of drug-likeness (QED) is 0.660. The van der Waals surface area contributed by atoms with Crippen LogP contribution in [0.5, 0.6) is 0 Å². The maximum absolute atomic E-state index is 13.1. The first-order valence-electron chi connectivity index (χ1n) is 5.21. The van der Waals surface area contributed by atoms with E-state index >= 15 is 0 Å². The van der Waals surface area contributed by atoms with Gasteiger partial charge in [0.05, 0.1) is 0 Å². The van der Waals surface area contributed by atoms with Crippen LogP contribution in [0, 0.1) is 0 Å². The summed E-state index contributed by atoms with van der Waals surface area (Å²) in [5, 5.41) is 8.08. The molecule has 2 nitrogen and oxygen atoms in total. The topological polar surface area (TPSA) is 32.3 Å². The van der Waals surface area contributed by atoms with Gasteiger partial charge in [0.2, 0.25) is 5.60 Å². The lowest BCUT2D eigenvalue weighted by molar-refractivity contribution is -0.204. The van der Waals surface area contributed by atoms with E-state index in [1.165, 1.54) is 6.07 Å². The van der Waals surface area contributed by atoms with E-state index < -0.39 is 23.0 Å². The molecule has 1 aromatic carbocycles. The van der Waals surface area contributed by atoms with Crippen LogP contribution in [-0.2, 0) is 12.0 Å². The van der Waals surface area contributed by atoms with Crippen molar-refractivity contribution in [2.45, 2.75) is 23.8 Å². The van der Waals surface area contributed by atoms with Crippen molar-refractivity contribution in [2.75, 3.05) is 11.9 Å². The second-order valence-electron chi connectivity index (χ2n) is 4.11. The Morgan fingerprint density at radius 3 is 2.56 bits per heavy atom. The summed E-state index contributed by atoms with van der Waals surface area (Å²) in [5.74, 6) is 0. The third kappa shape index (κ3) is 1.93. The summed E-state index contributed by atoms with van der Waals surface area (Å²) >= 11 is 4.64. The van der Waals surface area contributed by atoms with Crippen molar-refractivity contribution in [3.63, 3.8) is 0 Å². The molecule has 1 aliphatic heterocycles. The highest BCUT2D eigenvalue weighted by atomic mass is 35.5. The highest BCUT2D eigenvalue weighted by molar-refractivity contribution is 6.22. The Labute approximate surface area is 106 Å². The van der Waals surface area contributed by atoms with Crippen molar-refractivity contribution in [1.82, 2.24) is 0 Å². The molecule has 1 heterocycles. The lowest BCUT2D eigenvalue weighted by atomic mass is 9.92. The van der Waals surface area contributed by atoms with Crippen LogP contribution in [0.2, 0.25) is 0 Å². The van der Waals surface area contributed by atoms with Gasteiger partial charge >= 0.3 is 5.38 Å². The van der Waals surface area contributed by atoms with Gasteiger partial charge in [0.25, 0.3) is 6.43 Å². The zero-order valence-electron chi connectivity index (χ0n) is 9.06. The van der Waals surface area contributed by atoms with E-state index in [9.17, 15) is 22.7 Å². The molecule has 0 spiro atoms. The van der Waals surface area contributed by atoms with E-state index in [0.717, 1.165) is 12.1 Å². The summed E-state index contributed by atoms with van der Waals surface area (Å²) in [7, 11) is 0. The Kier molecular flexibility index (Phi) is 3.19. The van der Waals surface area contributed by atoms with Gasteiger partial charge in [0.15, 0.2) is 0 Å². The van der Waals surface area contributed by atoms with Crippen molar-refractivity contribution in [3.05, 3.63) is 29.3 Å². The molecular weight excluding hydrogens is 274 g/mol. The Hall–Kier alpha value is -1.01. The third-order valence-corrected chi connectivity index (χ3v) is 3.29. The van der Waals surface area contributed by atoms with Gasteiger partial charge in [-0.2, -0.15) is 8.78 Å². The Morgan fingerprint density at radius 1 is 1.33 bits per heavy atom. The number of hydrogen-bond donors (Lipinski definition) is 2. The number of alkyl halides is 5. The standard InChI is InChI=1S/C11H10ClF4NO/c12-11(15,16)10(18,9(13)14)7-1-2-8-6(5-7)3-4-17-8/h1-2,5,9,17-18H,3-4H2. The van der Waals surface area contributed by atoms with E-state index in [-0.39, 0.29) is 0 Å². The average Bonchev–Trinajstić information content (AvgIpc) is 2.72. The molecule has 0 aliphatic carbocycles. The molecular formula is C11H10ClF4NO. The number of rotatable bonds is 3. The molecule has 7 heteroatoms. The minimum absolute atomic E-state index is 0.524. The summed E-state index contributed by atoms with van der Waals surface area (Å²) in [6, 6.07) is 3.55. The van der Waals surface area contributed by atoms with Crippen molar-refractivity contribution in [3.8, 4) is 0 Å². The van der Waals surface area contributed by atoms with E-state index in [4.69, 9.17) is 0 Å². The minimum atomic E-state index is -4.46. The lowest BCUT2D eigenvalue weighted by Crippen LogP contribution is -2.47. The van der Waals surface area contributed by atoms with Crippen molar-refractivity contribution >= 4 is 17.3 Å². The summed E-state index contributed by atoms with van der Waals surface area (Å²) < 4.78 is 51.7. The SMILES string of the molecule is OC(c1ccc2c(c1)CCN2)(C(F)F)C(F)(F)Cl. The van der Waals surface area contributed by atoms with Gasteiger partial charge in [-0.15, -0.1) is 0 Å². The maximum atomic E-state index is 13.1. The molecule has 0 saturated heterocycles. The van der Waals surface area contributed by atoms with Crippen LogP contribution in [0.3, 0.4) is 0 Å². The average molecular weight is 284 g/mol. The molecule has 0 bridgehead atoms. The molecule has 0 fully saturated rings. The van der Waals surface area contributed by atoms with E-state index in [1.54, 1.807) is 0 Å². The lowest BCUT2D eigenvalue weighted by Gasteiger charge is -2.31. The third-order valence-electron chi connectivity index (χ3n) is 3.00. The van der Waals surface area contributed by atoms with Gasteiger partial charge in [-0.1, -0.05) is 12.1 Å². The largest absolute Gasteiger partial charge is 0.384 e. The van der Waals surface area contributed by atoms with E-state index in [1.807, 2.05) is 0 Å². The minimum Gasteiger partial charge on any atom is -0.384 e. The normalized spacial score (nSPS) is 18.4. The molecule has 1 atom stereocenters. The first-order chi connectivity index (χ1) is 8.26. The molecule has 0 radical (unpaired) electrons. The van der Waals surface area contributed by atoms with Crippen LogP contribution in [0.15, 0.2) is 18.2 Å². The van der Waals surface area contributed by atoms with Gasteiger partial charge in [-0.05, 0) is 35.2 Å². The van der Waals surface area contributed by atoms with E-state index in [0.29, 0.717) is 24.2 Å². The fraction of sp³-hybridized carbons (Fsp3) is 0.455. The molecule has 1 unspecified atom stereocenters. The van der Waals surface area contributed by atoms with Gasteiger partial charge in [0.1, 0.15) is 0 Å². The van der Waals surface area contributed by atoms with Gasteiger partial charge in [0, 0.05) is 12.2 Å². The predicted molar refractivity (Wildman–Crippen MR) is 59.3 cm³/mol. The zero-order chi connectivity index (χ0) is 13.6. The Balaban J connectivity index is 2.50. The molecule has 0 saturated carbocycles. The van der Waals surface area contributed by atoms with Gasteiger partial charge in [-0.25, -0.2) is 8.78 Å². The second-order valence-corrected chi connectivity index (χ2v) is 4.59. The fourth-order valence-electron chi connectivity index (χ4n) is 1.96. The zero-order valence-corrected chi connectivity index (χ0v) is 9.82. The molecule has 1 aliphatic rings. The number of nitrogens with one attached hydrogen (secondary N) is 1. The summed E-state index contributed by atoms with van der Waals surface area (Å²) in [6.45, 7) is 0.600. The number of anilines is 1. The second kappa shape index (κ2) is 4.28. The number of aliphatic hydroxyl groups is 1. The summed E-state index contributed by atoms with van der Waals surface area (Å²) in [6.07, 6.45) is -3.17. The van der Waals surface area contributed by atoms with Crippen LogP contribution >= 0.6 is 11.6 Å². The number of fused-ring (bicyclic) bond motifs is 1. The summed E-state index contributed by atoms with van der Waals surface area (Å²) in [4.78, 5) is 0. The van der Waals surface area contributed by atoms with Crippen LogP contribution < -0.4 is 5.32 Å². The molecule has 0 amide bonds. The highest BCUT2D eigenvalue weighted by Gasteiger charge is 2.59. The molecule has 0 aromatic heterocycles. The number of benzene rings is 1. The van der Waals surface area contributed by atoms with Crippen LogP contribution in [0.25, 0.3) is 0 Å². The summed E-state index contributed by atoms with van der Waals surface area (Å²) in [5.41, 5.74) is -2.98. The van der Waals surface area contributed by atoms with Crippen LogP contribution in [0.1, 0.15) is 11.1 Å². The maximum Gasteiger partial charge on any atom is 0.359 e. The molecule has 2 N–H and O–H groups in total. The van der Waals surface area contributed by atoms with Crippen molar-refractivity contribution in [2.24, 2.45) is 0 Å². The monoisotopic (exact) mass is 283 g/mol. The van der Waals surface area contributed by atoms with Gasteiger partial charge < -0.3 is 10.4 Å². The van der Waals surface area contributed by atoms with Gasteiger partial charge in [-0.3, -0.25) is 0 Å². The van der Waals surface area contributed by atoms with E-state index in [2.05, 4.69) is 16.9 Å². The highest BCUT2D eigenvalue weighted by Crippen LogP contribution is 2.45. The molecule has 18 heavy (non-hydrogen) atoms. The molecule has 1 aromatic rings. The number of hydrogen-bond acceptors (Lipinski definition) is 2. The van der Waals surface area contributed by atoms with Crippen LogP contribution in [-0.4, -0.2) is 23.5 Å².